The summed E-state index contributed by atoms with van der Waals surface area (Å²) in [6.07, 6.45) is -4.10. The summed E-state index contributed by atoms with van der Waals surface area (Å²) in [7, 11) is 1.28. The zero-order chi connectivity index (χ0) is 22.8. The highest BCUT2D eigenvalue weighted by Gasteiger charge is 2.30. The predicted octanol–water partition coefficient (Wildman–Crippen LogP) is 7.01. The third-order valence-corrected chi connectivity index (χ3v) is 5.17. The average Bonchev–Trinajstić information content (AvgIpc) is 2.73. The maximum atomic E-state index is 13.5. The lowest BCUT2D eigenvalue weighted by Crippen LogP contribution is -2.10. The Labute approximate surface area is 178 Å². The van der Waals surface area contributed by atoms with Gasteiger partial charge in [-0.05, 0) is 70.5 Å². The Bertz CT molecular complexity index is 1070. The van der Waals surface area contributed by atoms with Crippen LogP contribution in [-0.4, -0.2) is 13.1 Å². The number of hydrogen-bond donors (Lipinski definition) is 0. The Balaban J connectivity index is 2.20. The summed E-state index contributed by atoms with van der Waals surface area (Å²) in [5, 5.41) is 0. The van der Waals surface area contributed by atoms with Crippen molar-refractivity contribution in [3.63, 3.8) is 0 Å². The van der Waals surface area contributed by atoms with E-state index in [2.05, 4.69) is 0 Å². The summed E-state index contributed by atoms with van der Waals surface area (Å²) >= 11 is 0. The van der Waals surface area contributed by atoms with Crippen LogP contribution in [0.2, 0.25) is 0 Å². The van der Waals surface area contributed by atoms with Gasteiger partial charge in [-0.15, -0.1) is 0 Å². The number of benzene rings is 3. The molecule has 6 heteroatoms. The van der Waals surface area contributed by atoms with Crippen LogP contribution in [0.3, 0.4) is 0 Å². The van der Waals surface area contributed by atoms with Crippen molar-refractivity contribution in [2.45, 2.75) is 32.4 Å². The summed E-state index contributed by atoms with van der Waals surface area (Å²) < 4.78 is 57.3. The standard InChI is InChI=1S/C25H22F4O2/c1-15(2)20-12-13-21(24(30)31-3)23(17-6-10-19(26)11-7-17)22(20)14-16-4-8-18(9-5-16)25(27,28)29/h4-13,15H,14H2,1-3H3. The summed E-state index contributed by atoms with van der Waals surface area (Å²) in [5.41, 5.74) is 3.24. The molecule has 0 heterocycles. The lowest BCUT2D eigenvalue weighted by atomic mass is 9.84. The number of ether oxygens (including phenoxy) is 1. The van der Waals surface area contributed by atoms with Gasteiger partial charge in [-0.1, -0.05) is 44.2 Å². The van der Waals surface area contributed by atoms with Gasteiger partial charge in [0.05, 0.1) is 18.2 Å². The fourth-order valence-electron chi connectivity index (χ4n) is 3.64. The molecule has 31 heavy (non-hydrogen) atoms. The van der Waals surface area contributed by atoms with Gasteiger partial charge in [0.25, 0.3) is 0 Å². The molecule has 2 nitrogen and oxygen atoms in total. The topological polar surface area (TPSA) is 26.3 Å². The summed E-state index contributed by atoms with van der Waals surface area (Å²) in [4.78, 5) is 12.5. The minimum atomic E-state index is -4.41. The van der Waals surface area contributed by atoms with Crippen LogP contribution in [-0.2, 0) is 17.3 Å². The molecule has 0 spiro atoms. The normalized spacial score (nSPS) is 11.6. The van der Waals surface area contributed by atoms with Crippen molar-refractivity contribution in [3.8, 4) is 11.1 Å². The molecule has 0 saturated heterocycles. The molecule has 0 aromatic heterocycles. The molecular weight excluding hydrogens is 408 g/mol. The molecule has 0 amide bonds. The molecule has 0 N–H and O–H groups in total. The van der Waals surface area contributed by atoms with Crippen molar-refractivity contribution in [1.82, 2.24) is 0 Å². The van der Waals surface area contributed by atoms with Gasteiger partial charge in [0.2, 0.25) is 0 Å². The van der Waals surface area contributed by atoms with E-state index >= 15 is 0 Å². The van der Waals surface area contributed by atoms with Crippen LogP contribution in [0.1, 0.15) is 52.4 Å². The highest BCUT2D eigenvalue weighted by Crippen LogP contribution is 2.36. The first-order valence-electron chi connectivity index (χ1n) is 9.78. The maximum Gasteiger partial charge on any atom is 0.416 e. The van der Waals surface area contributed by atoms with Gasteiger partial charge in [0, 0.05) is 0 Å². The first-order chi connectivity index (χ1) is 14.6. The van der Waals surface area contributed by atoms with E-state index < -0.39 is 23.5 Å². The molecule has 3 aromatic carbocycles. The van der Waals surface area contributed by atoms with Crippen molar-refractivity contribution in [2.75, 3.05) is 7.11 Å². The number of carbonyl (C=O) groups is 1. The maximum absolute atomic E-state index is 13.5. The molecular formula is C25H22F4O2. The number of methoxy groups -OCH3 is 1. The Kier molecular flexibility index (Phi) is 6.48. The third-order valence-electron chi connectivity index (χ3n) is 5.17. The highest BCUT2D eigenvalue weighted by molar-refractivity contribution is 5.98. The molecule has 0 aliphatic rings. The van der Waals surface area contributed by atoms with Crippen molar-refractivity contribution >= 4 is 5.97 Å². The second kappa shape index (κ2) is 8.92. The lowest BCUT2D eigenvalue weighted by molar-refractivity contribution is -0.137. The van der Waals surface area contributed by atoms with E-state index in [-0.39, 0.29) is 5.92 Å². The van der Waals surface area contributed by atoms with Crippen LogP contribution < -0.4 is 0 Å². The van der Waals surface area contributed by atoms with E-state index in [1.54, 1.807) is 18.2 Å². The van der Waals surface area contributed by atoms with Crippen LogP contribution in [0.4, 0.5) is 17.6 Å². The number of halogens is 4. The second-order valence-electron chi connectivity index (χ2n) is 7.58. The van der Waals surface area contributed by atoms with Gasteiger partial charge in [0.1, 0.15) is 5.82 Å². The quantitative estimate of drug-likeness (QED) is 0.321. The van der Waals surface area contributed by atoms with Gasteiger partial charge in [0.15, 0.2) is 0 Å². The minimum Gasteiger partial charge on any atom is -0.465 e. The summed E-state index contributed by atoms with van der Waals surface area (Å²) in [6, 6.07) is 14.3. The van der Waals surface area contributed by atoms with E-state index in [9.17, 15) is 22.4 Å². The Morgan fingerprint density at radius 3 is 2.06 bits per heavy atom. The summed E-state index contributed by atoms with van der Waals surface area (Å²) in [5.74, 6) is -0.855. The van der Waals surface area contributed by atoms with Crippen LogP contribution >= 0.6 is 0 Å². The molecule has 0 bridgehead atoms. The number of alkyl halides is 3. The van der Waals surface area contributed by atoms with E-state index in [0.717, 1.165) is 23.3 Å². The van der Waals surface area contributed by atoms with Gasteiger partial charge >= 0.3 is 12.1 Å². The van der Waals surface area contributed by atoms with Crippen molar-refractivity contribution in [3.05, 3.63) is 94.3 Å². The first kappa shape index (κ1) is 22.5. The average molecular weight is 430 g/mol. The Hall–Kier alpha value is -3.15. The van der Waals surface area contributed by atoms with Gasteiger partial charge < -0.3 is 4.74 Å². The molecule has 0 saturated carbocycles. The van der Waals surface area contributed by atoms with Crippen LogP contribution in [0, 0.1) is 5.82 Å². The zero-order valence-electron chi connectivity index (χ0n) is 17.4. The Morgan fingerprint density at radius 1 is 0.935 bits per heavy atom. The lowest BCUT2D eigenvalue weighted by Gasteiger charge is -2.21. The molecule has 162 valence electrons. The zero-order valence-corrected chi connectivity index (χ0v) is 17.4. The van der Waals surface area contributed by atoms with Crippen molar-refractivity contribution in [2.24, 2.45) is 0 Å². The number of rotatable bonds is 5. The third kappa shape index (κ3) is 4.95. The molecule has 0 unspecified atom stereocenters. The monoisotopic (exact) mass is 430 g/mol. The molecule has 0 atom stereocenters. The second-order valence-corrected chi connectivity index (χ2v) is 7.58. The van der Waals surface area contributed by atoms with E-state index in [4.69, 9.17) is 4.74 Å². The number of esters is 1. The summed E-state index contributed by atoms with van der Waals surface area (Å²) in [6.45, 7) is 4.00. The van der Waals surface area contributed by atoms with Crippen molar-refractivity contribution in [1.29, 1.82) is 0 Å². The number of carbonyl (C=O) groups excluding carboxylic acids is 1. The molecule has 0 aliphatic heterocycles. The fourth-order valence-corrected chi connectivity index (χ4v) is 3.64. The van der Waals surface area contributed by atoms with Crippen molar-refractivity contribution < 1.29 is 27.1 Å². The fraction of sp³-hybridized carbons (Fsp3) is 0.240. The van der Waals surface area contributed by atoms with Gasteiger partial charge in [-0.25, -0.2) is 9.18 Å². The van der Waals surface area contributed by atoms with Gasteiger partial charge in [-0.2, -0.15) is 13.2 Å². The minimum absolute atomic E-state index is 0.0929. The first-order valence-corrected chi connectivity index (χ1v) is 9.78. The highest BCUT2D eigenvalue weighted by atomic mass is 19.4. The smallest absolute Gasteiger partial charge is 0.416 e. The molecule has 0 fully saturated rings. The van der Waals surface area contributed by atoms with Gasteiger partial charge in [-0.3, -0.25) is 0 Å². The molecule has 0 radical (unpaired) electrons. The molecule has 3 rings (SSSR count). The van der Waals surface area contributed by atoms with E-state index in [0.29, 0.717) is 28.7 Å². The largest absolute Gasteiger partial charge is 0.465 e. The van der Waals surface area contributed by atoms with E-state index in [1.807, 2.05) is 19.9 Å². The number of hydrogen-bond acceptors (Lipinski definition) is 2. The molecule has 0 aliphatic carbocycles. The molecule has 3 aromatic rings. The predicted molar refractivity (Wildman–Crippen MR) is 112 cm³/mol. The van der Waals surface area contributed by atoms with Crippen LogP contribution in [0.25, 0.3) is 11.1 Å². The van der Waals surface area contributed by atoms with Crippen LogP contribution in [0.5, 0.6) is 0 Å². The SMILES string of the molecule is COC(=O)c1ccc(C(C)C)c(Cc2ccc(C(F)(F)F)cc2)c1-c1ccc(F)cc1. The Morgan fingerprint density at radius 2 is 1.55 bits per heavy atom. The van der Waals surface area contributed by atoms with Crippen LogP contribution in [0.15, 0.2) is 60.7 Å². The van der Waals surface area contributed by atoms with E-state index in [1.165, 1.54) is 31.4 Å².